The summed E-state index contributed by atoms with van der Waals surface area (Å²) in [4.78, 5) is 98.1. The summed E-state index contributed by atoms with van der Waals surface area (Å²) in [5.41, 5.74) is 6.46. The summed E-state index contributed by atoms with van der Waals surface area (Å²) >= 11 is 0. The first-order valence-corrected chi connectivity index (χ1v) is 22.8. The summed E-state index contributed by atoms with van der Waals surface area (Å²) in [6, 6.07) is 8.69. The number of rotatable bonds is 20. The largest absolute Gasteiger partial charge is 0.444 e. The number of aromatic amines is 1. The quantitative estimate of drug-likeness (QED) is 0.0928. The average Bonchev–Trinajstić information content (AvgIpc) is 3.80. The van der Waals surface area contributed by atoms with E-state index >= 15 is 0 Å². The summed E-state index contributed by atoms with van der Waals surface area (Å²) in [6.45, 7) is 11.9. The van der Waals surface area contributed by atoms with Crippen LogP contribution >= 0.6 is 0 Å². The Morgan fingerprint density at radius 1 is 0.877 bits per heavy atom. The number of likely N-dealkylation sites (N-methyl/N-ethyl adjacent to an activating group) is 1. The van der Waals surface area contributed by atoms with Crippen LogP contribution in [0.5, 0.6) is 0 Å². The maximum atomic E-state index is 14.8. The molecule has 0 unspecified atom stereocenters. The topological polar surface area (TPSA) is 250 Å². The van der Waals surface area contributed by atoms with Crippen molar-refractivity contribution < 1.29 is 43.7 Å². The normalized spacial score (nSPS) is 17.0. The van der Waals surface area contributed by atoms with Crippen molar-refractivity contribution in [1.82, 2.24) is 35.4 Å². The Morgan fingerprint density at radius 3 is 2.11 bits per heavy atom. The molecule has 356 valence electrons. The van der Waals surface area contributed by atoms with Gasteiger partial charge in [0, 0.05) is 32.3 Å². The molecule has 17 nitrogen and oxygen atoms in total. The molecule has 0 aliphatic heterocycles. The summed E-state index contributed by atoms with van der Waals surface area (Å²) < 4.78 is 5.51. The number of alkyl carbamates (subject to hydrolysis) is 1. The number of imidazole rings is 1. The van der Waals surface area contributed by atoms with Gasteiger partial charge in [-0.2, -0.15) is 0 Å². The lowest BCUT2D eigenvalue weighted by Gasteiger charge is -2.38. The maximum absolute atomic E-state index is 14.8. The first-order valence-electron chi connectivity index (χ1n) is 22.8. The van der Waals surface area contributed by atoms with Gasteiger partial charge in [0.1, 0.15) is 29.5 Å². The number of aliphatic hydroxyl groups excluding tert-OH is 2. The van der Waals surface area contributed by atoms with Crippen molar-refractivity contribution in [2.24, 2.45) is 29.4 Å². The SMILES string of the molecule is CC[C@H](C)[C@H](N)C(=O)N(C(=O)c1ccccn1)C(=O)[C@H](C(C)C)[C@@H](O)[C@H](O)[C@H](CC1CCCCC1)NC(=O)[C@H](Cc1c[nH]cn1)N(C)C(=O)[C@H](Cc1ccccc1)NC(=O)OC(C)(C)C. The van der Waals surface area contributed by atoms with Crippen molar-refractivity contribution in [3.05, 3.63) is 84.2 Å². The van der Waals surface area contributed by atoms with Crippen molar-refractivity contribution in [3.8, 4) is 0 Å². The van der Waals surface area contributed by atoms with Gasteiger partial charge in [0.05, 0.1) is 36.1 Å². The number of pyridine rings is 1. The van der Waals surface area contributed by atoms with E-state index in [-0.39, 0.29) is 30.9 Å². The molecule has 1 fully saturated rings. The van der Waals surface area contributed by atoms with Gasteiger partial charge in [-0.15, -0.1) is 0 Å². The molecule has 1 saturated carbocycles. The number of nitrogens with one attached hydrogen (secondary N) is 3. The van der Waals surface area contributed by atoms with Crippen LogP contribution < -0.4 is 16.4 Å². The van der Waals surface area contributed by atoms with Crippen LogP contribution in [-0.2, 0) is 36.8 Å². The zero-order valence-electron chi connectivity index (χ0n) is 39.1. The zero-order valence-corrected chi connectivity index (χ0v) is 39.1. The van der Waals surface area contributed by atoms with Crippen LogP contribution in [0, 0.1) is 23.7 Å². The Hall–Kier alpha value is -5.52. The van der Waals surface area contributed by atoms with Crippen LogP contribution in [0.25, 0.3) is 0 Å². The predicted octanol–water partition coefficient (Wildman–Crippen LogP) is 4.33. The molecular weight excluding hydrogens is 833 g/mol. The molecular formula is C48H70N8O9. The number of nitrogens with zero attached hydrogens (tertiary/aromatic N) is 4. The maximum Gasteiger partial charge on any atom is 0.408 e. The van der Waals surface area contributed by atoms with Gasteiger partial charge in [-0.3, -0.25) is 29.0 Å². The van der Waals surface area contributed by atoms with E-state index in [0.29, 0.717) is 17.0 Å². The molecule has 17 heteroatoms. The van der Waals surface area contributed by atoms with Crippen LogP contribution in [0.2, 0.25) is 0 Å². The van der Waals surface area contributed by atoms with Gasteiger partial charge in [0.2, 0.25) is 17.7 Å². The number of ether oxygens (including phenoxy) is 1. The highest BCUT2D eigenvalue weighted by Crippen LogP contribution is 2.31. The van der Waals surface area contributed by atoms with Gasteiger partial charge in [-0.05, 0) is 62.6 Å². The van der Waals surface area contributed by atoms with E-state index in [9.17, 15) is 39.0 Å². The monoisotopic (exact) mass is 903 g/mol. The minimum absolute atomic E-state index is 0.0267. The molecule has 3 aromatic rings. The molecule has 0 bridgehead atoms. The predicted molar refractivity (Wildman–Crippen MR) is 243 cm³/mol. The first-order chi connectivity index (χ1) is 30.7. The summed E-state index contributed by atoms with van der Waals surface area (Å²) in [6.07, 6.45) is 4.98. The molecule has 0 saturated heterocycles. The molecule has 2 aromatic heterocycles. The number of hydrogen-bond donors (Lipinski definition) is 6. The Morgan fingerprint density at radius 2 is 1.54 bits per heavy atom. The summed E-state index contributed by atoms with van der Waals surface area (Å²) in [7, 11) is 1.44. The lowest BCUT2D eigenvalue weighted by molar-refractivity contribution is -0.152. The van der Waals surface area contributed by atoms with Gasteiger partial charge < -0.3 is 41.2 Å². The number of nitrogens with two attached hydrogens (primary N) is 1. The van der Waals surface area contributed by atoms with Gasteiger partial charge in [0.25, 0.3) is 11.8 Å². The van der Waals surface area contributed by atoms with Crippen molar-refractivity contribution in [3.63, 3.8) is 0 Å². The standard InChI is InChI=1S/C48H70N8O9/c1-9-30(4)39(49)46(63)56(44(61)34-22-16-17-23-51-34)45(62)38(29(2)3)41(58)40(57)35(24-31-18-12-10-13-19-31)53-42(59)37(26-33-27-50-28-52-33)55(8)43(60)36(25-32-20-14-11-15-21-32)54-47(64)65-48(5,6)7/h11,14-17,20-23,27-31,35-41,57-58H,9-10,12-13,18-19,24-26,49H2,1-8H3,(H,50,52)(H,53,59)(H,54,64)/t30-,35-,36-,37-,38+,39-,40+,41+/m0/s1. The van der Waals surface area contributed by atoms with Crippen molar-refractivity contribution in [2.75, 3.05) is 7.05 Å². The molecule has 6 amide bonds. The smallest absolute Gasteiger partial charge is 0.408 e. The Kier molecular flexibility index (Phi) is 19.3. The number of carbonyl (C=O) groups is 6. The number of benzene rings is 1. The Labute approximate surface area is 382 Å². The molecule has 4 rings (SSSR count). The highest BCUT2D eigenvalue weighted by Gasteiger charge is 2.46. The second kappa shape index (κ2) is 24.1. The van der Waals surface area contributed by atoms with Gasteiger partial charge in [-0.25, -0.2) is 14.7 Å². The number of aliphatic hydroxyl groups is 2. The number of hydrogen-bond acceptors (Lipinski definition) is 12. The second-order valence-corrected chi connectivity index (χ2v) is 18.7. The van der Waals surface area contributed by atoms with Crippen molar-refractivity contribution in [1.29, 1.82) is 0 Å². The lowest BCUT2D eigenvalue weighted by Crippen LogP contribution is -2.61. The molecule has 0 radical (unpaired) electrons. The fraction of sp³-hybridized carbons (Fsp3) is 0.583. The Bertz CT molecular complexity index is 2000. The van der Waals surface area contributed by atoms with E-state index in [1.807, 2.05) is 25.1 Å². The van der Waals surface area contributed by atoms with Crippen molar-refractivity contribution in [2.45, 2.75) is 148 Å². The molecule has 7 N–H and O–H groups in total. The molecule has 1 aromatic carbocycles. The minimum Gasteiger partial charge on any atom is -0.444 e. The van der Waals surface area contributed by atoms with Crippen LogP contribution in [0.4, 0.5) is 4.79 Å². The summed E-state index contributed by atoms with van der Waals surface area (Å²) in [5, 5.41) is 30.1. The third-order valence-corrected chi connectivity index (χ3v) is 12.2. The molecule has 0 spiro atoms. The number of carbonyl (C=O) groups excluding carboxylic acids is 6. The van der Waals surface area contributed by atoms with Crippen LogP contribution in [0.15, 0.2) is 67.3 Å². The zero-order chi connectivity index (χ0) is 48.0. The van der Waals surface area contributed by atoms with Gasteiger partial charge in [0.15, 0.2) is 0 Å². The number of imide groups is 3. The van der Waals surface area contributed by atoms with Crippen LogP contribution in [0.1, 0.15) is 115 Å². The average molecular weight is 903 g/mol. The lowest BCUT2D eigenvalue weighted by atomic mass is 9.79. The Balaban J connectivity index is 1.72. The van der Waals surface area contributed by atoms with E-state index in [1.54, 1.807) is 65.9 Å². The van der Waals surface area contributed by atoms with Crippen molar-refractivity contribution >= 4 is 35.6 Å². The molecule has 1 aliphatic carbocycles. The summed E-state index contributed by atoms with van der Waals surface area (Å²) in [5.74, 6) is -7.03. The van der Waals surface area contributed by atoms with E-state index < -0.39 is 95.4 Å². The first kappa shape index (κ1) is 52.1. The van der Waals surface area contributed by atoms with E-state index in [1.165, 1.54) is 36.6 Å². The number of aromatic nitrogens is 3. The highest BCUT2D eigenvalue weighted by molar-refractivity contribution is 6.17. The van der Waals surface area contributed by atoms with E-state index in [2.05, 4.69) is 25.6 Å². The van der Waals surface area contributed by atoms with Crippen LogP contribution in [-0.4, -0.2) is 120 Å². The molecule has 2 heterocycles. The number of H-pyrrole nitrogens is 1. The highest BCUT2D eigenvalue weighted by atomic mass is 16.6. The minimum atomic E-state index is -1.90. The van der Waals surface area contributed by atoms with E-state index in [0.717, 1.165) is 37.7 Å². The second-order valence-electron chi connectivity index (χ2n) is 18.7. The van der Waals surface area contributed by atoms with Gasteiger partial charge in [-0.1, -0.05) is 103 Å². The molecule has 8 atom stereocenters. The van der Waals surface area contributed by atoms with Gasteiger partial charge >= 0.3 is 6.09 Å². The fourth-order valence-corrected chi connectivity index (χ4v) is 8.23. The van der Waals surface area contributed by atoms with Crippen LogP contribution in [0.3, 0.4) is 0 Å². The third kappa shape index (κ3) is 14.7. The number of amides is 6. The molecule has 1 aliphatic rings. The molecule has 65 heavy (non-hydrogen) atoms. The fourth-order valence-electron chi connectivity index (χ4n) is 8.23. The third-order valence-electron chi connectivity index (χ3n) is 12.2. The van der Waals surface area contributed by atoms with E-state index in [4.69, 9.17) is 10.5 Å².